The van der Waals surface area contributed by atoms with Gasteiger partial charge in [-0.1, -0.05) is 12.1 Å². The summed E-state index contributed by atoms with van der Waals surface area (Å²) in [5, 5.41) is 0. The number of alkyl halides is 2. The quantitative estimate of drug-likeness (QED) is 0.801. The third-order valence-electron chi connectivity index (χ3n) is 3.31. The molecule has 1 nitrogen and oxygen atoms in total. The largest absolute Gasteiger partial charge is 0.299 e. The van der Waals surface area contributed by atoms with Crippen molar-refractivity contribution < 1.29 is 18.0 Å². The van der Waals surface area contributed by atoms with Gasteiger partial charge in [-0.15, -0.1) is 0 Å². The SMILES string of the molecule is O=C(Cc1cccc(F)c1)CC1CCC(F)(F)C1. The Morgan fingerprint density at radius 2 is 2.17 bits per heavy atom. The number of carbonyl (C=O) groups excluding carboxylic acids is 1. The van der Waals surface area contributed by atoms with Crippen LogP contribution in [0.15, 0.2) is 24.3 Å². The van der Waals surface area contributed by atoms with E-state index in [1.165, 1.54) is 12.1 Å². The molecule has 0 aliphatic heterocycles. The smallest absolute Gasteiger partial charge is 0.248 e. The molecule has 0 saturated heterocycles. The zero-order valence-corrected chi connectivity index (χ0v) is 9.96. The van der Waals surface area contributed by atoms with Crippen LogP contribution in [0.2, 0.25) is 0 Å². The van der Waals surface area contributed by atoms with E-state index >= 15 is 0 Å². The Bertz CT molecular complexity index is 442. The van der Waals surface area contributed by atoms with Crippen LogP contribution in [0.4, 0.5) is 13.2 Å². The van der Waals surface area contributed by atoms with E-state index in [0.29, 0.717) is 12.0 Å². The van der Waals surface area contributed by atoms with Crippen molar-refractivity contribution in [3.8, 4) is 0 Å². The van der Waals surface area contributed by atoms with Crippen molar-refractivity contribution in [1.82, 2.24) is 0 Å². The number of halogens is 3. The number of ketones is 1. The van der Waals surface area contributed by atoms with E-state index in [-0.39, 0.29) is 43.2 Å². The van der Waals surface area contributed by atoms with Gasteiger partial charge >= 0.3 is 0 Å². The third kappa shape index (κ3) is 3.59. The number of hydrogen-bond acceptors (Lipinski definition) is 1. The molecule has 1 fully saturated rings. The van der Waals surface area contributed by atoms with Crippen LogP contribution >= 0.6 is 0 Å². The first-order valence-corrected chi connectivity index (χ1v) is 6.08. The van der Waals surface area contributed by atoms with Crippen LogP contribution in [0, 0.1) is 11.7 Å². The second-order valence-electron chi connectivity index (χ2n) is 5.01. The van der Waals surface area contributed by atoms with E-state index in [1.807, 2.05) is 0 Å². The minimum atomic E-state index is -2.61. The standard InChI is InChI=1S/C14H15F3O/c15-12-3-1-2-10(6-12)7-13(18)8-11-4-5-14(16,17)9-11/h1-3,6,11H,4-5,7-9H2. The van der Waals surface area contributed by atoms with E-state index in [2.05, 4.69) is 0 Å². The Kier molecular flexibility index (Phi) is 3.73. The Morgan fingerprint density at radius 1 is 1.39 bits per heavy atom. The molecule has 2 rings (SSSR count). The molecule has 1 aromatic carbocycles. The molecule has 98 valence electrons. The van der Waals surface area contributed by atoms with Crippen LogP contribution in [0.25, 0.3) is 0 Å². The molecule has 1 atom stereocenters. The van der Waals surface area contributed by atoms with Gasteiger partial charge < -0.3 is 0 Å². The predicted octanol–water partition coefficient (Wildman–Crippen LogP) is 3.76. The van der Waals surface area contributed by atoms with Gasteiger partial charge in [0.1, 0.15) is 11.6 Å². The molecule has 1 unspecified atom stereocenters. The highest BCUT2D eigenvalue weighted by atomic mass is 19.3. The van der Waals surface area contributed by atoms with Crippen LogP contribution in [0.5, 0.6) is 0 Å². The lowest BCUT2D eigenvalue weighted by Gasteiger charge is -2.09. The van der Waals surface area contributed by atoms with E-state index in [1.54, 1.807) is 12.1 Å². The lowest BCUT2D eigenvalue weighted by molar-refractivity contribution is -0.119. The Balaban J connectivity index is 1.86. The number of rotatable bonds is 4. The van der Waals surface area contributed by atoms with Gasteiger partial charge in [-0.2, -0.15) is 0 Å². The van der Waals surface area contributed by atoms with E-state index < -0.39 is 5.92 Å². The highest BCUT2D eigenvalue weighted by Crippen LogP contribution is 2.40. The monoisotopic (exact) mass is 256 g/mol. The highest BCUT2D eigenvalue weighted by Gasteiger charge is 2.39. The van der Waals surface area contributed by atoms with E-state index in [0.717, 1.165) is 0 Å². The van der Waals surface area contributed by atoms with Crippen molar-refractivity contribution >= 4 is 5.78 Å². The first kappa shape index (κ1) is 13.1. The van der Waals surface area contributed by atoms with Crippen molar-refractivity contribution in [2.45, 2.75) is 38.0 Å². The van der Waals surface area contributed by atoms with Crippen LogP contribution in [0.3, 0.4) is 0 Å². The van der Waals surface area contributed by atoms with Gasteiger partial charge in [0, 0.05) is 25.7 Å². The molecule has 0 heterocycles. The molecule has 0 radical (unpaired) electrons. The molecular weight excluding hydrogens is 241 g/mol. The molecule has 1 aromatic rings. The first-order chi connectivity index (χ1) is 8.44. The molecular formula is C14H15F3O. The summed E-state index contributed by atoms with van der Waals surface area (Å²) in [5.74, 6) is -3.30. The van der Waals surface area contributed by atoms with Crippen molar-refractivity contribution in [2.24, 2.45) is 5.92 Å². The normalized spacial score (nSPS) is 22.1. The Labute approximate surface area is 104 Å². The molecule has 0 amide bonds. The first-order valence-electron chi connectivity index (χ1n) is 6.08. The van der Waals surface area contributed by atoms with Gasteiger partial charge in [-0.25, -0.2) is 13.2 Å². The summed E-state index contributed by atoms with van der Waals surface area (Å²) >= 11 is 0. The van der Waals surface area contributed by atoms with Gasteiger partial charge in [-0.3, -0.25) is 4.79 Å². The zero-order valence-electron chi connectivity index (χ0n) is 9.96. The molecule has 0 N–H and O–H groups in total. The third-order valence-corrected chi connectivity index (χ3v) is 3.31. The summed E-state index contributed by atoms with van der Waals surface area (Å²) in [7, 11) is 0. The lowest BCUT2D eigenvalue weighted by atomic mass is 9.97. The van der Waals surface area contributed by atoms with Crippen molar-refractivity contribution in [3.63, 3.8) is 0 Å². The second-order valence-corrected chi connectivity index (χ2v) is 5.01. The molecule has 0 aromatic heterocycles. The van der Waals surface area contributed by atoms with Crippen LogP contribution in [-0.2, 0) is 11.2 Å². The Hall–Kier alpha value is -1.32. The zero-order chi connectivity index (χ0) is 13.2. The van der Waals surface area contributed by atoms with E-state index in [4.69, 9.17) is 0 Å². The lowest BCUT2D eigenvalue weighted by Crippen LogP contribution is -2.13. The van der Waals surface area contributed by atoms with Gasteiger partial charge in [0.25, 0.3) is 0 Å². The maximum atomic E-state index is 13.0. The molecule has 0 spiro atoms. The van der Waals surface area contributed by atoms with Crippen LogP contribution < -0.4 is 0 Å². The van der Waals surface area contributed by atoms with Gasteiger partial charge in [0.2, 0.25) is 5.92 Å². The maximum Gasteiger partial charge on any atom is 0.248 e. The minimum Gasteiger partial charge on any atom is -0.299 e. The van der Waals surface area contributed by atoms with Gasteiger partial charge in [0.05, 0.1) is 0 Å². The fourth-order valence-corrected chi connectivity index (χ4v) is 2.48. The fourth-order valence-electron chi connectivity index (χ4n) is 2.48. The maximum absolute atomic E-state index is 13.0. The fraction of sp³-hybridized carbons (Fsp3) is 0.500. The summed E-state index contributed by atoms with van der Waals surface area (Å²) in [4.78, 5) is 11.7. The van der Waals surface area contributed by atoms with Crippen molar-refractivity contribution in [2.75, 3.05) is 0 Å². The molecule has 18 heavy (non-hydrogen) atoms. The topological polar surface area (TPSA) is 17.1 Å². The van der Waals surface area contributed by atoms with Gasteiger partial charge in [0.15, 0.2) is 0 Å². The van der Waals surface area contributed by atoms with Crippen molar-refractivity contribution in [1.29, 1.82) is 0 Å². The number of carbonyl (C=O) groups is 1. The molecule has 1 saturated carbocycles. The summed E-state index contributed by atoms with van der Waals surface area (Å²) in [5.41, 5.74) is 0.602. The van der Waals surface area contributed by atoms with Gasteiger partial charge in [-0.05, 0) is 30.0 Å². The minimum absolute atomic E-state index is 0.0942. The summed E-state index contributed by atoms with van der Waals surface area (Å²) in [6, 6.07) is 5.83. The van der Waals surface area contributed by atoms with Crippen molar-refractivity contribution in [3.05, 3.63) is 35.6 Å². The molecule has 1 aliphatic carbocycles. The molecule has 1 aliphatic rings. The number of hydrogen-bond donors (Lipinski definition) is 0. The average molecular weight is 256 g/mol. The van der Waals surface area contributed by atoms with Crippen LogP contribution in [-0.4, -0.2) is 11.7 Å². The van der Waals surface area contributed by atoms with E-state index in [9.17, 15) is 18.0 Å². The summed E-state index contributed by atoms with van der Waals surface area (Å²) in [6.45, 7) is 0. The predicted molar refractivity (Wildman–Crippen MR) is 62.0 cm³/mol. The highest BCUT2D eigenvalue weighted by molar-refractivity contribution is 5.81. The molecule has 0 bridgehead atoms. The van der Waals surface area contributed by atoms with Crippen LogP contribution in [0.1, 0.15) is 31.2 Å². The number of benzene rings is 1. The Morgan fingerprint density at radius 3 is 2.78 bits per heavy atom. The second kappa shape index (κ2) is 5.12. The summed E-state index contributed by atoms with van der Waals surface area (Å²) in [6.07, 6.45) is 0.390. The number of Topliss-reactive ketones (excluding diaryl/α,β-unsaturated/α-hetero) is 1. The average Bonchev–Trinajstić information content (AvgIpc) is 2.57. The molecule has 4 heteroatoms. The summed E-state index contributed by atoms with van der Waals surface area (Å²) < 4.78 is 38.8.